The van der Waals surface area contributed by atoms with Crippen molar-refractivity contribution in [3.05, 3.63) is 65.7 Å². The largest absolute Gasteiger partial charge is 0.457 e. The van der Waals surface area contributed by atoms with Crippen LogP contribution in [0.4, 0.5) is 0 Å². The Morgan fingerprint density at radius 2 is 1.54 bits per heavy atom. The number of hydrogen-bond donors (Lipinski definition) is 0. The third-order valence-electron chi connectivity index (χ3n) is 3.93. The Labute approximate surface area is 146 Å². The molecule has 2 aromatic rings. The first-order valence-electron chi connectivity index (χ1n) is 8.61. The average molecular weight is 324 g/mol. The summed E-state index contributed by atoms with van der Waals surface area (Å²) < 4.78 is 12.3. The first-order chi connectivity index (χ1) is 11.4. The van der Waals surface area contributed by atoms with Gasteiger partial charge in [0.15, 0.2) is 0 Å². The molecule has 0 saturated heterocycles. The lowest BCUT2D eigenvalue weighted by Gasteiger charge is -2.26. The summed E-state index contributed by atoms with van der Waals surface area (Å²) >= 11 is 0. The van der Waals surface area contributed by atoms with Crippen LogP contribution in [-0.4, -0.2) is 6.10 Å². The van der Waals surface area contributed by atoms with Gasteiger partial charge in [-0.2, -0.15) is 0 Å². The van der Waals surface area contributed by atoms with Crippen molar-refractivity contribution >= 4 is 6.08 Å². The maximum atomic E-state index is 6.19. The minimum Gasteiger partial charge on any atom is -0.457 e. The third-order valence-corrected chi connectivity index (χ3v) is 3.93. The molecule has 0 aliphatic carbocycles. The van der Waals surface area contributed by atoms with Crippen molar-refractivity contribution in [1.82, 2.24) is 0 Å². The van der Waals surface area contributed by atoms with Gasteiger partial charge in [-0.25, -0.2) is 0 Å². The second kappa shape index (κ2) is 8.16. The molecule has 1 atom stereocenters. The summed E-state index contributed by atoms with van der Waals surface area (Å²) in [7, 11) is 0. The monoisotopic (exact) mass is 324 g/mol. The van der Waals surface area contributed by atoms with E-state index in [9.17, 15) is 0 Å². The van der Waals surface area contributed by atoms with Crippen LogP contribution in [0.5, 0.6) is 11.5 Å². The van der Waals surface area contributed by atoms with E-state index in [2.05, 4.69) is 47.3 Å². The molecule has 0 fully saturated rings. The van der Waals surface area contributed by atoms with Crippen LogP contribution >= 0.6 is 0 Å². The van der Waals surface area contributed by atoms with Crippen molar-refractivity contribution in [1.29, 1.82) is 0 Å². The van der Waals surface area contributed by atoms with Gasteiger partial charge in [-0.1, -0.05) is 50.8 Å². The van der Waals surface area contributed by atoms with Crippen LogP contribution in [0, 0.1) is 0 Å². The van der Waals surface area contributed by atoms with Crippen molar-refractivity contribution < 1.29 is 9.47 Å². The van der Waals surface area contributed by atoms with E-state index in [0.29, 0.717) is 5.92 Å². The molecule has 24 heavy (non-hydrogen) atoms. The lowest BCUT2D eigenvalue weighted by Crippen LogP contribution is -2.12. The van der Waals surface area contributed by atoms with Crippen molar-refractivity contribution in [3.8, 4) is 11.5 Å². The van der Waals surface area contributed by atoms with Crippen LogP contribution in [0.1, 0.15) is 63.3 Å². The van der Waals surface area contributed by atoms with Crippen molar-refractivity contribution in [2.75, 3.05) is 0 Å². The Kier molecular flexibility index (Phi) is 6.22. The summed E-state index contributed by atoms with van der Waals surface area (Å²) in [5.74, 6) is 2.03. The van der Waals surface area contributed by atoms with E-state index < -0.39 is 0 Å². The van der Waals surface area contributed by atoms with Crippen LogP contribution in [-0.2, 0) is 4.74 Å². The second-order valence-electron chi connectivity index (χ2n) is 6.58. The van der Waals surface area contributed by atoms with Gasteiger partial charge in [0.25, 0.3) is 0 Å². The first kappa shape index (κ1) is 18.3. The lowest BCUT2D eigenvalue weighted by atomic mass is 9.89. The van der Waals surface area contributed by atoms with E-state index in [1.54, 1.807) is 0 Å². The summed E-state index contributed by atoms with van der Waals surface area (Å²) in [6.45, 7) is 14.6. The molecule has 2 heteroatoms. The fourth-order valence-electron chi connectivity index (χ4n) is 3.06. The molecule has 0 aliphatic heterocycles. The van der Waals surface area contributed by atoms with Gasteiger partial charge >= 0.3 is 0 Å². The van der Waals surface area contributed by atoms with Gasteiger partial charge in [0, 0.05) is 5.56 Å². The maximum Gasteiger partial charge on any atom is 0.133 e. The first-order valence-corrected chi connectivity index (χ1v) is 8.61. The predicted octanol–water partition coefficient (Wildman–Crippen LogP) is 6.73. The van der Waals surface area contributed by atoms with E-state index in [-0.39, 0.29) is 12.2 Å². The van der Waals surface area contributed by atoms with Crippen LogP contribution in [0.2, 0.25) is 0 Å². The normalized spacial score (nSPS) is 12.5. The zero-order valence-corrected chi connectivity index (χ0v) is 15.4. The van der Waals surface area contributed by atoms with E-state index in [1.807, 2.05) is 42.5 Å². The highest BCUT2D eigenvalue weighted by Crippen LogP contribution is 2.39. The molecule has 0 N–H and O–H groups in total. The third kappa shape index (κ3) is 4.27. The number of hydrogen-bond acceptors (Lipinski definition) is 2. The maximum absolute atomic E-state index is 6.19. The summed E-state index contributed by atoms with van der Waals surface area (Å²) in [4.78, 5) is 0. The highest BCUT2D eigenvalue weighted by molar-refractivity contribution is 5.60. The van der Waals surface area contributed by atoms with Crippen LogP contribution in [0.25, 0.3) is 6.08 Å². The molecule has 2 aromatic carbocycles. The van der Waals surface area contributed by atoms with Crippen molar-refractivity contribution in [2.24, 2.45) is 0 Å². The molecule has 0 aliphatic rings. The minimum absolute atomic E-state index is 0.0546. The standard InChI is InChI=1S/C22H28O2/c1-7-18-13-14-20(24-19-11-9-8-10-12-19)22(21(18)15(2)3)17(6)23-16(4)5/h7-17H,1H2,2-6H3. The number of benzene rings is 2. The van der Waals surface area contributed by atoms with Crippen molar-refractivity contribution in [3.63, 3.8) is 0 Å². The molecule has 0 spiro atoms. The van der Waals surface area contributed by atoms with E-state index in [1.165, 1.54) is 5.56 Å². The Balaban J connectivity index is 2.56. The predicted molar refractivity (Wildman–Crippen MR) is 102 cm³/mol. The molecular weight excluding hydrogens is 296 g/mol. The Hall–Kier alpha value is -2.06. The van der Waals surface area contributed by atoms with Crippen LogP contribution in [0.15, 0.2) is 49.0 Å². The quantitative estimate of drug-likeness (QED) is 0.562. The number of ether oxygens (including phenoxy) is 2. The fourth-order valence-corrected chi connectivity index (χ4v) is 3.06. The SMILES string of the molecule is C=Cc1ccc(Oc2ccccc2)c(C(C)OC(C)C)c1C(C)C. The zero-order valence-electron chi connectivity index (χ0n) is 15.4. The lowest BCUT2D eigenvalue weighted by molar-refractivity contribution is 0.0162. The summed E-state index contributed by atoms with van der Waals surface area (Å²) in [6, 6.07) is 14.0. The Bertz CT molecular complexity index is 672. The molecule has 0 amide bonds. The number of para-hydroxylation sites is 1. The van der Waals surface area contributed by atoms with Crippen LogP contribution in [0.3, 0.4) is 0 Å². The molecule has 0 radical (unpaired) electrons. The molecule has 0 saturated carbocycles. The molecule has 2 rings (SSSR count). The highest BCUT2D eigenvalue weighted by atomic mass is 16.5. The zero-order chi connectivity index (χ0) is 17.7. The van der Waals surface area contributed by atoms with Gasteiger partial charge in [-0.3, -0.25) is 0 Å². The molecule has 0 heterocycles. The van der Waals surface area contributed by atoms with Gasteiger partial charge in [-0.05, 0) is 56.0 Å². The van der Waals surface area contributed by atoms with E-state index in [4.69, 9.17) is 9.47 Å². The van der Waals surface area contributed by atoms with E-state index in [0.717, 1.165) is 22.6 Å². The molecular formula is C22H28O2. The van der Waals surface area contributed by atoms with Gasteiger partial charge < -0.3 is 9.47 Å². The average Bonchev–Trinajstić information content (AvgIpc) is 2.54. The van der Waals surface area contributed by atoms with Gasteiger partial charge in [-0.15, -0.1) is 0 Å². The summed E-state index contributed by atoms with van der Waals surface area (Å²) in [5, 5.41) is 0. The molecule has 1 unspecified atom stereocenters. The Morgan fingerprint density at radius 3 is 2.08 bits per heavy atom. The number of rotatable bonds is 7. The summed E-state index contributed by atoms with van der Waals surface area (Å²) in [6.07, 6.45) is 2.01. The van der Waals surface area contributed by atoms with Gasteiger partial charge in [0.05, 0.1) is 12.2 Å². The van der Waals surface area contributed by atoms with Gasteiger partial charge in [0.2, 0.25) is 0 Å². The van der Waals surface area contributed by atoms with Crippen LogP contribution < -0.4 is 4.74 Å². The smallest absolute Gasteiger partial charge is 0.133 e. The highest BCUT2D eigenvalue weighted by Gasteiger charge is 2.22. The van der Waals surface area contributed by atoms with E-state index >= 15 is 0 Å². The fraction of sp³-hybridized carbons (Fsp3) is 0.364. The van der Waals surface area contributed by atoms with Gasteiger partial charge in [0.1, 0.15) is 11.5 Å². The minimum atomic E-state index is -0.0546. The molecule has 0 bridgehead atoms. The molecule has 128 valence electrons. The summed E-state index contributed by atoms with van der Waals surface area (Å²) in [5.41, 5.74) is 3.49. The Morgan fingerprint density at radius 1 is 0.875 bits per heavy atom. The van der Waals surface area contributed by atoms with Crippen molar-refractivity contribution in [2.45, 2.75) is 52.7 Å². The molecule has 0 aromatic heterocycles. The molecule has 2 nitrogen and oxygen atoms in total. The topological polar surface area (TPSA) is 18.5 Å². The second-order valence-corrected chi connectivity index (χ2v) is 6.58.